The molecule has 0 radical (unpaired) electrons. The maximum absolute atomic E-state index is 12.5. The van der Waals surface area contributed by atoms with Gasteiger partial charge in [0.25, 0.3) is 20.0 Å². The van der Waals surface area contributed by atoms with Crippen molar-refractivity contribution in [1.29, 1.82) is 0 Å². The van der Waals surface area contributed by atoms with Crippen LogP contribution in [0.1, 0.15) is 5.56 Å². The van der Waals surface area contributed by atoms with Gasteiger partial charge in [-0.05, 0) is 42.8 Å². The molecule has 0 saturated heterocycles. The molecule has 0 aromatic heterocycles. The lowest BCUT2D eigenvalue weighted by atomic mass is 10.2. The second-order valence-corrected chi connectivity index (χ2v) is 9.18. The molecule has 5 nitrogen and oxygen atoms in total. The molecule has 0 bridgehead atoms. The molecular weight excluding hydrogens is 378 g/mol. The van der Waals surface area contributed by atoms with E-state index in [0.717, 1.165) is 10.0 Å². The third-order valence-corrected chi connectivity index (χ3v) is 8.51. The molecule has 0 amide bonds. The second kappa shape index (κ2) is 4.56. The Hall–Kier alpha value is -1.38. The van der Waals surface area contributed by atoms with E-state index in [0.29, 0.717) is 3.71 Å². The molecule has 0 unspecified atom stereocenters. The average Bonchev–Trinajstić information content (AvgIpc) is 2.58. The lowest BCUT2D eigenvalue weighted by Gasteiger charge is -2.16. The fraction of sp³-hybridized carbons (Fsp3) is 0.0769. The van der Waals surface area contributed by atoms with Gasteiger partial charge in [0, 0.05) is 4.47 Å². The van der Waals surface area contributed by atoms with Crippen LogP contribution in [-0.2, 0) is 20.0 Å². The quantitative estimate of drug-likeness (QED) is 0.753. The number of benzene rings is 2. The largest absolute Gasteiger partial charge is 0.279 e. The van der Waals surface area contributed by atoms with Crippen LogP contribution >= 0.6 is 15.9 Å². The molecule has 0 atom stereocenters. The number of halogens is 1. The van der Waals surface area contributed by atoms with Crippen LogP contribution < -0.4 is 3.71 Å². The van der Waals surface area contributed by atoms with E-state index >= 15 is 0 Å². The third-order valence-electron chi connectivity index (χ3n) is 3.19. The molecule has 1 aliphatic heterocycles. The van der Waals surface area contributed by atoms with Crippen molar-refractivity contribution in [2.45, 2.75) is 16.7 Å². The highest BCUT2D eigenvalue weighted by Gasteiger charge is 2.47. The number of hydrogen-bond donors (Lipinski definition) is 0. The van der Waals surface area contributed by atoms with Gasteiger partial charge in [0.05, 0.1) is 5.69 Å². The molecule has 21 heavy (non-hydrogen) atoms. The molecule has 0 fully saturated rings. The molecule has 1 aliphatic rings. The summed E-state index contributed by atoms with van der Waals surface area (Å²) in [5.41, 5.74) is 0.848. The second-order valence-electron chi connectivity index (χ2n) is 4.59. The number of nitrogens with zero attached hydrogens (tertiary/aromatic N) is 1. The van der Waals surface area contributed by atoms with Crippen LogP contribution in [0, 0.1) is 6.92 Å². The molecular formula is C13H10BrNO4S2. The van der Waals surface area contributed by atoms with Gasteiger partial charge >= 0.3 is 0 Å². The Kier molecular flexibility index (Phi) is 3.16. The molecule has 0 spiro atoms. The van der Waals surface area contributed by atoms with E-state index < -0.39 is 20.0 Å². The van der Waals surface area contributed by atoms with Crippen molar-refractivity contribution in [2.24, 2.45) is 0 Å². The molecule has 8 heteroatoms. The maximum atomic E-state index is 12.5. The number of rotatable bonds is 1. The van der Waals surface area contributed by atoms with E-state index in [4.69, 9.17) is 0 Å². The number of aryl methyl sites for hydroxylation is 1. The SMILES string of the molecule is Cc1cc(N2S(=O)(=O)c3ccccc3S2(=O)=O)ccc1Br. The van der Waals surface area contributed by atoms with Crippen LogP contribution in [0.25, 0.3) is 0 Å². The van der Waals surface area contributed by atoms with Crippen LogP contribution in [0.5, 0.6) is 0 Å². The first-order valence-corrected chi connectivity index (χ1v) is 9.59. The Morgan fingerprint density at radius 2 is 1.43 bits per heavy atom. The normalized spacial score (nSPS) is 18.5. The highest BCUT2D eigenvalue weighted by atomic mass is 79.9. The Balaban J connectivity index is 2.33. The first-order valence-electron chi connectivity index (χ1n) is 5.92. The Bertz CT molecular complexity index is 899. The lowest BCUT2D eigenvalue weighted by molar-refractivity contribution is 0.593. The zero-order valence-electron chi connectivity index (χ0n) is 10.8. The predicted octanol–water partition coefficient (Wildman–Crippen LogP) is 2.66. The van der Waals surface area contributed by atoms with Crippen LogP contribution in [0.2, 0.25) is 0 Å². The van der Waals surface area contributed by atoms with Gasteiger partial charge in [0.15, 0.2) is 0 Å². The summed E-state index contributed by atoms with van der Waals surface area (Å²) >= 11 is 3.31. The van der Waals surface area contributed by atoms with Gasteiger partial charge in [0.1, 0.15) is 9.79 Å². The molecule has 0 saturated carbocycles. The predicted molar refractivity (Wildman–Crippen MR) is 82.2 cm³/mol. The summed E-state index contributed by atoms with van der Waals surface area (Å²) in [6, 6.07) is 10.2. The van der Waals surface area contributed by atoms with Gasteiger partial charge < -0.3 is 0 Å². The number of hydrogen-bond acceptors (Lipinski definition) is 4. The van der Waals surface area contributed by atoms with Crippen LogP contribution in [0.4, 0.5) is 5.69 Å². The standard InChI is InChI=1S/C13H10BrNO4S2/c1-9-8-10(6-7-11(9)14)15-20(16,17)12-4-2-3-5-13(12)21(15,18)19/h2-8H,1H3. The molecule has 0 aliphatic carbocycles. The summed E-state index contributed by atoms with van der Waals surface area (Å²) in [4.78, 5) is -0.379. The van der Waals surface area contributed by atoms with E-state index in [9.17, 15) is 16.8 Å². The summed E-state index contributed by atoms with van der Waals surface area (Å²) < 4.78 is 51.4. The van der Waals surface area contributed by atoms with Crippen molar-refractivity contribution in [1.82, 2.24) is 0 Å². The molecule has 2 aromatic rings. The fourth-order valence-electron chi connectivity index (χ4n) is 2.20. The number of sulfonamides is 2. The highest BCUT2D eigenvalue weighted by molar-refractivity contribution is 9.10. The van der Waals surface area contributed by atoms with E-state index in [1.54, 1.807) is 13.0 Å². The highest BCUT2D eigenvalue weighted by Crippen LogP contribution is 2.40. The molecule has 3 rings (SSSR count). The van der Waals surface area contributed by atoms with Crippen LogP contribution in [-0.4, -0.2) is 16.8 Å². The van der Waals surface area contributed by atoms with Crippen molar-refractivity contribution < 1.29 is 16.8 Å². The van der Waals surface area contributed by atoms with Crippen molar-refractivity contribution >= 4 is 41.7 Å². The van der Waals surface area contributed by atoms with Crippen molar-refractivity contribution in [2.75, 3.05) is 3.71 Å². The molecule has 110 valence electrons. The molecule has 2 aromatic carbocycles. The van der Waals surface area contributed by atoms with Gasteiger partial charge in [-0.1, -0.05) is 28.1 Å². The van der Waals surface area contributed by atoms with Crippen molar-refractivity contribution in [3.05, 3.63) is 52.5 Å². The summed E-state index contributed by atoms with van der Waals surface area (Å²) in [7, 11) is -8.21. The van der Waals surface area contributed by atoms with Gasteiger partial charge in [-0.3, -0.25) is 0 Å². The summed E-state index contributed by atoms with van der Waals surface area (Å²) in [6.07, 6.45) is 0. The first kappa shape index (κ1) is 14.6. The summed E-state index contributed by atoms with van der Waals surface area (Å²) in [5, 5.41) is 0. The van der Waals surface area contributed by atoms with Crippen LogP contribution in [0.15, 0.2) is 56.7 Å². The first-order chi connectivity index (χ1) is 9.76. The zero-order valence-corrected chi connectivity index (χ0v) is 14.0. The van der Waals surface area contributed by atoms with Gasteiger partial charge in [0.2, 0.25) is 0 Å². The Morgan fingerprint density at radius 1 is 0.905 bits per heavy atom. The number of anilines is 1. The van der Waals surface area contributed by atoms with E-state index in [1.807, 2.05) is 0 Å². The minimum Gasteiger partial charge on any atom is -0.200 e. The molecule has 1 heterocycles. The van der Waals surface area contributed by atoms with Crippen molar-refractivity contribution in [3.63, 3.8) is 0 Å². The lowest BCUT2D eigenvalue weighted by Crippen LogP contribution is -2.30. The summed E-state index contributed by atoms with van der Waals surface area (Å²) in [6.45, 7) is 1.76. The zero-order chi connectivity index (χ0) is 15.4. The average molecular weight is 388 g/mol. The topological polar surface area (TPSA) is 71.5 Å². The molecule has 0 N–H and O–H groups in total. The van der Waals surface area contributed by atoms with Gasteiger partial charge in [-0.25, -0.2) is 0 Å². The van der Waals surface area contributed by atoms with E-state index in [1.165, 1.54) is 36.4 Å². The van der Waals surface area contributed by atoms with E-state index in [-0.39, 0.29) is 15.5 Å². The smallest absolute Gasteiger partial charge is 0.200 e. The minimum absolute atomic E-state index is 0.104. The fourth-order valence-corrected chi connectivity index (χ4v) is 6.88. The van der Waals surface area contributed by atoms with Crippen molar-refractivity contribution in [3.8, 4) is 0 Å². The Morgan fingerprint density at radius 3 is 1.90 bits per heavy atom. The maximum Gasteiger partial charge on any atom is 0.279 e. The van der Waals surface area contributed by atoms with Crippen LogP contribution in [0.3, 0.4) is 0 Å². The monoisotopic (exact) mass is 387 g/mol. The van der Waals surface area contributed by atoms with Gasteiger partial charge in [-0.2, -0.15) is 20.5 Å². The Labute approximate surface area is 131 Å². The van der Waals surface area contributed by atoms with Gasteiger partial charge in [-0.15, -0.1) is 0 Å². The minimum atomic E-state index is -4.11. The number of fused-ring (bicyclic) bond motifs is 1. The summed E-state index contributed by atoms with van der Waals surface area (Å²) in [5.74, 6) is 0. The van der Waals surface area contributed by atoms with E-state index in [2.05, 4.69) is 15.9 Å². The third kappa shape index (κ3) is 2.01.